The number of hydrogen-bond acceptors (Lipinski definition) is 5. The van der Waals surface area contributed by atoms with Crippen LogP contribution in [0, 0.1) is 0 Å². The Morgan fingerprint density at radius 2 is 0.824 bits per heavy atom. The SMILES string of the molecule is CC(C)(C)S(=O)(=O)C(C)(N)S(=O)(=O)C(C)(C)C. The van der Waals surface area contributed by atoms with Crippen molar-refractivity contribution in [3.8, 4) is 0 Å². The zero-order chi connectivity index (χ0) is 14.5. The van der Waals surface area contributed by atoms with E-state index in [1.165, 1.54) is 41.5 Å². The normalized spacial score (nSPS) is 16.0. The van der Waals surface area contributed by atoms with E-state index in [9.17, 15) is 16.8 Å². The van der Waals surface area contributed by atoms with Crippen LogP contribution in [-0.4, -0.2) is 30.5 Å². The van der Waals surface area contributed by atoms with Gasteiger partial charge in [0.15, 0.2) is 19.7 Å². The number of rotatable bonds is 2. The van der Waals surface area contributed by atoms with Crippen molar-refractivity contribution in [2.75, 3.05) is 0 Å². The first-order valence-electron chi connectivity index (χ1n) is 5.27. The molecule has 7 heteroatoms. The second-order valence-electron chi connectivity index (χ2n) is 6.25. The highest BCUT2D eigenvalue weighted by atomic mass is 32.3. The molecular formula is C10H23NO4S2. The summed E-state index contributed by atoms with van der Waals surface area (Å²) in [6.07, 6.45) is 0. The highest BCUT2D eigenvalue weighted by molar-refractivity contribution is 8.11. The molecule has 0 atom stereocenters. The van der Waals surface area contributed by atoms with Gasteiger partial charge in [0.2, 0.25) is 4.20 Å². The predicted octanol–water partition coefficient (Wildman–Crippen LogP) is 1.05. The summed E-state index contributed by atoms with van der Waals surface area (Å²) in [5.41, 5.74) is 5.67. The minimum Gasteiger partial charge on any atom is -0.300 e. The van der Waals surface area contributed by atoms with Gasteiger partial charge in [0.1, 0.15) is 0 Å². The molecule has 0 saturated heterocycles. The minimum absolute atomic E-state index is 1.05. The number of hydrogen-bond donors (Lipinski definition) is 1. The first-order valence-corrected chi connectivity index (χ1v) is 8.24. The summed E-state index contributed by atoms with van der Waals surface area (Å²) in [7, 11) is -8.05. The van der Waals surface area contributed by atoms with E-state index in [0.29, 0.717) is 0 Å². The van der Waals surface area contributed by atoms with E-state index in [1.807, 2.05) is 0 Å². The van der Waals surface area contributed by atoms with Crippen molar-refractivity contribution in [1.29, 1.82) is 0 Å². The zero-order valence-electron chi connectivity index (χ0n) is 11.5. The molecule has 0 radical (unpaired) electrons. The maximum absolute atomic E-state index is 12.3. The fourth-order valence-corrected chi connectivity index (χ4v) is 6.45. The van der Waals surface area contributed by atoms with Crippen LogP contribution in [0.4, 0.5) is 0 Å². The summed E-state index contributed by atoms with van der Waals surface area (Å²) in [4.78, 5) is 0. The van der Waals surface area contributed by atoms with Crippen molar-refractivity contribution in [2.24, 2.45) is 5.73 Å². The molecule has 0 aromatic carbocycles. The summed E-state index contributed by atoms with van der Waals surface area (Å²) in [6, 6.07) is 0. The molecule has 0 bridgehead atoms. The lowest BCUT2D eigenvalue weighted by Crippen LogP contribution is -2.61. The van der Waals surface area contributed by atoms with Crippen LogP contribution in [0.3, 0.4) is 0 Å². The summed E-state index contributed by atoms with van der Waals surface area (Å²) in [5.74, 6) is 0. The highest BCUT2D eigenvalue weighted by Crippen LogP contribution is 2.35. The lowest BCUT2D eigenvalue weighted by molar-refractivity contribution is 0.510. The largest absolute Gasteiger partial charge is 0.300 e. The number of nitrogens with two attached hydrogens (primary N) is 1. The molecule has 104 valence electrons. The molecule has 17 heavy (non-hydrogen) atoms. The molecule has 0 fully saturated rings. The summed E-state index contributed by atoms with van der Waals surface area (Å²) < 4.78 is 44.3. The topological polar surface area (TPSA) is 94.3 Å². The molecule has 0 amide bonds. The monoisotopic (exact) mass is 285 g/mol. The Balaban J connectivity index is 6.14. The molecule has 0 aromatic heterocycles. The van der Waals surface area contributed by atoms with Crippen LogP contribution < -0.4 is 5.73 Å². The average Bonchev–Trinajstić information content (AvgIpc) is 1.98. The Labute approximate surface area is 105 Å². The molecule has 0 aromatic rings. The van der Waals surface area contributed by atoms with Crippen LogP contribution in [0.2, 0.25) is 0 Å². The molecule has 0 heterocycles. The van der Waals surface area contributed by atoms with Gasteiger partial charge in [-0.25, -0.2) is 16.8 Å². The van der Waals surface area contributed by atoms with Crippen molar-refractivity contribution in [2.45, 2.75) is 62.2 Å². The van der Waals surface area contributed by atoms with Crippen LogP contribution in [0.5, 0.6) is 0 Å². The molecule has 0 rings (SSSR count). The fourth-order valence-electron chi connectivity index (χ4n) is 1.36. The van der Waals surface area contributed by atoms with Gasteiger partial charge < -0.3 is 5.73 Å². The third-order valence-electron chi connectivity index (χ3n) is 2.68. The third-order valence-corrected chi connectivity index (χ3v) is 9.36. The van der Waals surface area contributed by atoms with Gasteiger partial charge in [-0.3, -0.25) is 0 Å². The molecule has 0 aliphatic rings. The first kappa shape index (κ1) is 16.9. The van der Waals surface area contributed by atoms with Gasteiger partial charge in [-0.15, -0.1) is 0 Å². The van der Waals surface area contributed by atoms with Crippen molar-refractivity contribution >= 4 is 19.7 Å². The predicted molar refractivity (Wildman–Crippen MR) is 69.9 cm³/mol. The van der Waals surface area contributed by atoms with Crippen LogP contribution in [-0.2, 0) is 19.7 Å². The molecule has 2 N–H and O–H groups in total. The van der Waals surface area contributed by atoms with Gasteiger partial charge in [-0.05, 0) is 48.5 Å². The molecular weight excluding hydrogens is 262 g/mol. The van der Waals surface area contributed by atoms with Crippen molar-refractivity contribution in [1.82, 2.24) is 0 Å². The fraction of sp³-hybridized carbons (Fsp3) is 1.00. The zero-order valence-corrected chi connectivity index (χ0v) is 13.2. The Morgan fingerprint density at radius 1 is 0.647 bits per heavy atom. The molecule has 5 nitrogen and oxygen atoms in total. The molecule has 0 aliphatic carbocycles. The van der Waals surface area contributed by atoms with Crippen molar-refractivity contribution in [3.63, 3.8) is 0 Å². The Kier molecular flexibility index (Phi) is 3.90. The van der Waals surface area contributed by atoms with Crippen LogP contribution >= 0.6 is 0 Å². The van der Waals surface area contributed by atoms with Gasteiger partial charge in [0, 0.05) is 0 Å². The summed E-state index contributed by atoms with van der Waals surface area (Å²) in [5, 5.41) is 0. The lowest BCUT2D eigenvalue weighted by Gasteiger charge is -2.36. The Bertz CT molecular complexity index is 441. The molecule has 0 spiro atoms. The highest BCUT2D eigenvalue weighted by Gasteiger charge is 2.56. The van der Waals surface area contributed by atoms with Gasteiger partial charge in [-0.1, -0.05) is 0 Å². The molecule has 0 aliphatic heterocycles. The first-order chi connectivity index (χ1) is 7.00. The number of sulfone groups is 2. The smallest absolute Gasteiger partial charge is 0.219 e. The van der Waals surface area contributed by atoms with Crippen LogP contribution in [0.1, 0.15) is 48.5 Å². The van der Waals surface area contributed by atoms with E-state index < -0.39 is 33.4 Å². The van der Waals surface area contributed by atoms with Gasteiger partial charge in [0.05, 0.1) is 9.49 Å². The summed E-state index contributed by atoms with van der Waals surface area (Å²) >= 11 is 0. The standard InChI is InChI=1S/C10H23NO4S2/c1-8(2,3)16(12,13)10(7,11)17(14,15)9(4,5)6/h11H2,1-7H3. The molecule has 0 unspecified atom stereocenters. The van der Waals surface area contributed by atoms with Crippen LogP contribution in [0.15, 0.2) is 0 Å². The Morgan fingerprint density at radius 3 is 0.941 bits per heavy atom. The van der Waals surface area contributed by atoms with Crippen molar-refractivity contribution < 1.29 is 16.8 Å². The second-order valence-corrected chi connectivity index (χ2v) is 12.7. The maximum Gasteiger partial charge on any atom is 0.219 e. The Hall–Kier alpha value is -0.140. The second kappa shape index (κ2) is 3.93. The van der Waals surface area contributed by atoms with Gasteiger partial charge >= 0.3 is 0 Å². The molecule has 0 saturated carbocycles. The quantitative estimate of drug-likeness (QED) is 0.818. The third kappa shape index (κ3) is 2.37. The van der Waals surface area contributed by atoms with Crippen LogP contribution in [0.25, 0.3) is 0 Å². The van der Waals surface area contributed by atoms with E-state index in [4.69, 9.17) is 5.73 Å². The van der Waals surface area contributed by atoms with E-state index >= 15 is 0 Å². The van der Waals surface area contributed by atoms with Gasteiger partial charge in [-0.2, -0.15) is 0 Å². The van der Waals surface area contributed by atoms with Crippen molar-refractivity contribution in [3.05, 3.63) is 0 Å². The van der Waals surface area contributed by atoms with E-state index in [-0.39, 0.29) is 0 Å². The van der Waals surface area contributed by atoms with E-state index in [1.54, 1.807) is 0 Å². The van der Waals surface area contributed by atoms with E-state index in [0.717, 1.165) is 6.92 Å². The average molecular weight is 285 g/mol. The summed E-state index contributed by atoms with van der Waals surface area (Å²) in [6.45, 7) is 9.67. The van der Waals surface area contributed by atoms with E-state index in [2.05, 4.69) is 0 Å². The minimum atomic E-state index is -4.03. The van der Waals surface area contributed by atoms with Gasteiger partial charge in [0.25, 0.3) is 0 Å². The lowest BCUT2D eigenvalue weighted by atomic mass is 10.3. The maximum atomic E-state index is 12.3.